The molecule has 0 atom stereocenters. The molecule has 3 aromatic rings. The smallest absolute Gasteiger partial charge is 0.297 e. The van der Waals surface area contributed by atoms with Crippen LogP contribution in [0.2, 0.25) is 0 Å². The van der Waals surface area contributed by atoms with Gasteiger partial charge >= 0.3 is 0 Å². The Hall–Kier alpha value is -2.63. The molecule has 3 aliphatic heterocycles. The van der Waals surface area contributed by atoms with Crippen LogP contribution >= 0.6 is 11.3 Å². The molecule has 10 nitrogen and oxygen atoms in total. The monoisotopic (exact) mass is 669 g/mol. The second kappa shape index (κ2) is 15.7. The largest absolute Gasteiger partial charge is 0.432 e. The highest BCUT2D eigenvalue weighted by atomic mass is 32.1. The van der Waals surface area contributed by atoms with Crippen LogP contribution in [0.1, 0.15) is 98.7 Å². The number of aromatic amines is 1. The highest BCUT2D eigenvalue weighted by Gasteiger charge is 2.24. The molecule has 264 valence electrons. The maximum Gasteiger partial charge on any atom is 0.297 e. The van der Waals surface area contributed by atoms with Crippen LogP contribution in [0.15, 0.2) is 22.3 Å². The van der Waals surface area contributed by atoms with Gasteiger partial charge in [-0.05, 0) is 33.4 Å². The molecule has 0 saturated carbocycles. The number of hydrogen-bond donors (Lipinski definition) is 1. The molecule has 0 aliphatic carbocycles. The summed E-state index contributed by atoms with van der Waals surface area (Å²) in [6.07, 6.45) is 7.72. The summed E-state index contributed by atoms with van der Waals surface area (Å²) in [6.45, 7) is 30.7. The molecule has 3 fully saturated rings. The average molecular weight is 670 g/mol. The Morgan fingerprint density at radius 1 is 0.638 bits per heavy atom. The van der Waals surface area contributed by atoms with Crippen molar-refractivity contribution in [2.45, 2.75) is 97.8 Å². The zero-order chi connectivity index (χ0) is 34.4. The molecule has 0 spiro atoms. The Balaban J connectivity index is 0.000000160. The fourth-order valence-electron chi connectivity index (χ4n) is 5.46. The SMILES string of the molecule is CC(C)(C)c1cnc(N2CCCCC2)[nH]1.CN1CCN(c2nc(C(C)(C)C)co2)CC1.CN1CCN(c2nc(C(C)(C)C)cs2)CC1. The predicted octanol–water partition coefficient (Wildman–Crippen LogP) is 6.61. The number of anilines is 3. The van der Waals surface area contributed by atoms with Crippen molar-refractivity contribution >= 4 is 28.4 Å². The lowest BCUT2D eigenvalue weighted by Gasteiger charge is -2.32. The summed E-state index contributed by atoms with van der Waals surface area (Å²) >= 11 is 1.78. The van der Waals surface area contributed by atoms with E-state index in [9.17, 15) is 0 Å². The molecule has 11 heteroatoms. The van der Waals surface area contributed by atoms with E-state index in [0.717, 1.165) is 83.1 Å². The first-order valence-corrected chi connectivity index (χ1v) is 18.5. The van der Waals surface area contributed by atoms with Crippen LogP contribution in [0.4, 0.5) is 17.1 Å². The van der Waals surface area contributed by atoms with Gasteiger partial charge in [0.1, 0.15) is 6.26 Å². The summed E-state index contributed by atoms with van der Waals surface area (Å²) in [6, 6.07) is 0.776. The Morgan fingerprint density at radius 2 is 1.19 bits per heavy atom. The molecule has 3 saturated heterocycles. The van der Waals surface area contributed by atoms with Crippen LogP contribution in [0.25, 0.3) is 0 Å². The molecule has 1 N–H and O–H groups in total. The topological polar surface area (TPSA) is 83.8 Å². The van der Waals surface area contributed by atoms with Gasteiger partial charge in [-0.25, -0.2) is 9.97 Å². The van der Waals surface area contributed by atoms with Crippen molar-refractivity contribution in [1.82, 2.24) is 29.7 Å². The van der Waals surface area contributed by atoms with Crippen molar-refractivity contribution in [3.8, 4) is 0 Å². The number of likely N-dealkylation sites (N-methyl/N-ethyl adjacent to an activating group) is 2. The highest BCUT2D eigenvalue weighted by molar-refractivity contribution is 7.13. The van der Waals surface area contributed by atoms with E-state index in [0.29, 0.717) is 0 Å². The predicted molar refractivity (Wildman–Crippen MR) is 199 cm³/mol. The lowest BCUT2D eigenvalue weighted by Crippen LogP contribution is -2.44. The zero-order valence-corrected chi connectivity index (χ0v) is 32.1. The third kappa shape index (κ3) is 10.9. The second-order valence-corrected chi connectivity index (χ2v) is 17.4. The third-order valence-corrected chi connectivity index (χ3v) is 10.00. The molecule has 3 aromatic heterocycles. The van der Waals surface area contributed by atoms with Gasteiger partial charge in [-0.2, -0.15) is 4.98 Å². The molecule has 0 unspecified atom stereocenters. The van der Waals surface area contributed by atoms with E-state index in [1.807, 2.05) is 6.20 Å². The van der Waals surface area contributed by atoms with Gasteiger partial charge in [0.05, 0.1) is 17.6 Å². The van der Waals surface area contributed by atoms with Gasteiger partial charge in [-0.15, -0.1) is 11.3 Å². The molecule has 3 aliphatic rings. The molecule has 0 amide bonds. The number of nitrogens with zero attached hydrogens (tertiary/aromatic N) is 8. The molecular weight excluding hydrogens is 607 g/mol. The average Bonchev–Trinajstić information content (AvgIpc) is 3.80. The van der Waals surface area contributed by atoms with Crippen molar-refractivity contribution in [3.05, 3.63) is 34.9 Å². The van der Waals surface area contributed by atoms with Gasteiger partial charge in [0.2, 0.25) is 5.95 Å². The van der Waals surface area contributed by atoms with Crippen molar-refractivity contribution in [2.75, 3.05) is 94.2 Å². The molecule has 0 bridgehead atoms. The number of aromatic nitrogens is 4. The summed E-state index contributed by atoms with van der Waals surface area (Å²) < 4.78 is 5.56. The van der Waals surface area contributed by atoms with Crippen LogP contribution in [0.5, 0.6) is 0 Å². The molecule has 6 rings (SSSR count). The van der Waals surface area contributed by atoms with E-state index in [2.05, 4.69) is 121 Å². The maximum atomic E-state index is 5.56. The zero-order valence-electron chi connectivity index (χ0n) is 31.3. The normalized spacial score (nSPS) is 18.8. The van der Waals surface area contributed by atoms with Gasteiger partial charge in [0, 0.05) is 92.8 Å². The summed E-state index contributed by atoms with van der Waals surface area (Å²) in [5.74, 6) is 1.06. The summed E-state index contributed by atoms with van der Waals surface area (Å²) in [5.41, 5.74) is 3.87. The Kier molecular flexibility index (Phi) is 12.4. The van der Waals surface area contributed by atoms with E-state index < -0.39 is 0 Å². The van der Waals surface area contributed by atoms with Crippen molar-refractivity contribution < 1.29 is 4.42 Å². The Labute approximate surface area is 288 Å². The van der Waals surface area contributed by atoms with E-state index in [1.54, 1.807) is 17.6 Å². The van der Waals surface area contributed by atoms with Crippen LogP contribution in [0, 0.1) is 0 Å². The van der Waals surface area contributed by atoms with Gasteiger partial charge in [0.15, 0.2) is 5.13 Å². The number of imidazole rings is 1. The van der Waals surface area contributed by atoms with E-state index >= 15 is 0 Å². The number of piperidine rings is 1. The van der Waals surface area contributed by atoms with Gasteiger partial charge in [0.25, 0.3) is 6.01 Å². The van der Waals surface area contributed by atoms with Crippen molar-refractivity contribution in [3.63, 3.8) is 0 Å². The van der Waals surface area contributed by atoms with E-state index in [1.165, 1.54) is 35.8 Å². The third-order valence-electron chi connectivity index (χ3n) is 9.09. The summed E-state index contributed by atoms with van der Waals surface area (Å²) in [7, 11) is 4.33. The van der Waals surface area contributed by atoms with Crippen LogP contribution in [-0.2, 0) is 16.2 Å². The lowest BCUT2D eigenvalue weighted by molar-refractivity contribution is 0.305. The summed E-state index contributed by atoms with van der Waals surface area (Å²) in [4.78, 5) is 28.9. The van der Waals surface area contributed by atoms with Crippen LogP contribution in [-0.4, -0.2) is 109 Å². The quantitative estimate of drug-likeness (QED) is 0.331. The highest BCUT2D eigenvalue weighted by Crippen LogP contribution is 2.29. The molecule has 47 heavy (non-hydrogen) atoms. The minimum atomic E-state index is 0.0638. The number of hydrogen-bond acceptors (Lipinski definition) is 10. The standard InChI is InChI=1S/C12H21N3O.C12H21N3S.C12H21N3/c2*1-12(2,3)10-9-16-11(13-10)15-7-5-14(4)6-8-15;1-12(2,3)10-9-13-11(14-10)15-7-5-4-6-8-15/h2*9H,5-8H2,1-4H3;9H,4-8H2,1-3H3,(H,13,14). The fourth-order valence-corrected chi connectivity index (χ4v) is 6.57. The van der Waals surface area contributed by atoms with Crippen LogP contribution in [0.3, 0.4) is 0 Å². The summed E-state index contributed by atoms with van der Waals surface area (Å²) in [5, 5.41) is 3.39. The number of nitrogens with one attached hydrogen (secondary N) is 1. The molecular formula is C36H63N9OS. The molecule has 0 aromatic carbocycles. The lowest BCUT2D eigenvalue weighted by atomic mass is 9.93. The number of thiazole rings is 1. The maximum absolute atomic E-state index is 5.56. The Morgan fingerprint density at radius 3 is 1.66 bits per heavy atom. The number of oxazole rings is 1. The Bertz CT molecular complexity index is 1270. The van der Waals surface area contributed by atoms with E-state index in [-0.39, 0.29) is 16.2 Å². The number of piperazine rings is 2. The number of rotatable bonds is 3. The first kappa shape index (κ1) is 37.2. The minimum absolute atomic E-state index is 0.0638. The van der Waals surface area contributed by atoms with Gasteiger partial charge in [-0.3, -0.25) is 0 Å². The van der Waals surface area contributed by atoms with Gasteiger partial charge in [-0.1, -0.05) is 62.3 Å². The first-order valence-electron chi connectivity index (χ1n) is 17.6. The van der Waals surface area contributed by atoms with Crippen molar-refractivity contribution in [1.29, 1.82) is 0 Å². The first-order chi connectivity index (χ1) is 22.0. The van der Waals surface area contributed by atoms with Gasteiger partial charge < -0.3 is 33.9 Å². The minimum Gasteiger partial charge on any atom is -0.432 e. The second-order valence-electron chi connectivity index (χ2n) is 16.5. The molecule has 0 radical (unpaired) electrons. The van der Waals surface area contributed by atoms with Crippen molar-refractivity contribution in [2.24, 2.45) is 0 Å². The van der Waals surface area contributed by atoms with Crippen LogP contribution < -0.4 is 14.7 Å². The van der Waals surface area contributed by atoms with E-state index in [4.69, 9.17) is 9.40 Å². The molecule has 6 heterocycles. The fraction of sp³-hybridized carbons (Fsp3) is 0.750. The number of H-pyrrole nitrogens is 1.